The molecule has 2 N–H and O–H groups in total. The average Bonchev–Trinajstić information content (AvgIpc) is 2.87. The Bertz CT molecular complexity index is 748. The number of allylic oxidation sites excluding steroid dienone is 1. The molecule has 96 valence electrons. The summed E-state index contributed by atoms with van der Waals surface area (Å²) in [5.41, 5.74) is 2.37. The lowest BCUT2D eigenvalue weighted by atomic mass is 10.1. The van der Waals surface area contributed by atoms with E-state index in [0.29, 0.717) is 15.6 Å². The minimum absolute atomic E-state index is 0.352. The predicted octanol–water partition coefficient (Wildman–Crippen LogP) is 3.54. The van der Waals surface area contributed by atoms with Crippen LogP contribution in [0.15, 0.2) is 29.2 Å². The summed E-state index contributed by atoms with van der Waals surface area (Å²) in [6.07, 6.45) is 0. The molecule has 1 saturated heterocycles. The van der Waals surface area contributed by atoms with E-state index in [4.69, 9.17) is 11.6 Å². The molecule has 1 aliphatic heterocycles. The lowest BCUT2D eigenvalue weighted by Gasteiger charge is -2.03. The molecule has 6 heteroatoms. The number of benzene rings is 1. The first-order valence-electron chi connectivity index (χ1n) is 5.58. The van der Waals surface area contributed by atoms with Crippen LogP contribution in [-0.2, 0) is 4.79 Å². The number of aromatic amines is 1. The monoisotopic (exact) mass is 292 g/mol. The maximum Gasteiger partial charge on any atom is 0.290 e. The van der Waals surface area contributed by atoms with E-state index in [9.17, 15) is 9.59 Å². The molecule has 2 heterocycles. The van der Waals surface area contributed by atoms with Gasteiger partial charge in [0.25, 0.3) is 11.1 Å². The van der Waals surface area contributed by atoms with Crippen LogP contribution in [0.3, 0.4) is 0 Å². The maximum absolute atomic E-state index is 11.7. The summed E-state index contributed by atoms with van der Waals surface area (Å²) in [7, 11) is 0. The van der Waals surface area contributed by atoms with Gasteiger partial charge in [0.05, 0.1) is 4.91 Å². The van der Waals surface area contributed by atoms with Gasteiger partial charge in [0.15, 0.2) is 0 Å². The molecule has 2 amide bonds. The van der Waals surface area contributed by atoms with Gasteiger partial charge in [0.1, 0.15) is 5.15 Å². The Hall–Kier alpha value is -1.72. The van der Waals surface area contributed by atoms with E-state index in [0.717, 1.165) is 28.2 Å². The Morgan fingerprint density at radius 3 is 2.68 bits per heavy atom. The molecule has 19 heavy (non-hydrogen) atoms. The molecular formula is C13H9ClN2O2S. The number of thioether (sulfide) groups is 1. The van der Waals surface area contributed by atoms with E-state index in [1.54, 1.807) is 6.92 Å². The number of amides is 2. The normalized spacial score (nSPS) is 18.0. The molecule has 1 aromatic heterocycles. The van der Waals surface area contributed by atoms with Crippen LogP contribution in [0, 0.1) is 0 Å². The standard InChI is InChI=1S/C13H9ClN2O2S/c1-6(10-12(17)16-13(18)19-10)9-7-4-2-3-5-8(7)15-11(9)14/h2-5,15H,1H3,(H,16,17,18). The zero-order chi connectivity index (χ0) is 13.6. The summed E-state index contributed by atoms with van der Waals surface area (Å²) in [6, 6.07) is 7.65. The fourth-order valence-corrected chi connectivity index (χ4v) is 3.22. The highest BCUT2D eigenvalue weighted by atomic mass is 35.5. The third kappa shape index (κ3) is 1.95. The Balaban J connectivity index is 2.25. The molecule has 0 bridgehead atoms. The van der Waals surface area contributed by atoms with E-state index in [2.05, 4.69) is 10.3 Å². The van der Waals surface area contributed by atoms with Crippen molar-refractivity contribution in [3.63, 3.8) is 0 Å². The highest BCUT2D eigenvalue weighted by Gasteiger charge is 2.29. The topological polar surface area (TPSA) is 62.0 Å². The summed E-state index contributed by atoms with van der Waals surface area (Å²) < 4.78 is 0. The van der Waals surface area contributed by atoms with Crippen molar-refractivity contribution in [2.24, 2.45) is 0 Å². The van der Waals surface area contributed by atoms with Gasteiger partial charge in [-0.2, -0.15) is 0 Å². The average molecular weight is 293 g/mol. The second-order valence-electron chi connectivity index (χ2n) is 4.16. The SMILES string of the molecule is CC(=C1SC(=O)NC1=O)c1c(Cl)[nH]c2ccccc12. The highest BCUT2D eigenvalue weighted by Crippen LogP contribution is 2.38. The number of imide groups is 1. The molecule has 0 spiro atoms. The van der Waals surface area contributed by atoms with E-state index in [1.807, 2.05) is 24.3 Å². The second-order valence-corrected chi connectivity index (χ2v) is 5.52. The van der Waals surface area contributed by atoms with Gasteiger partial charge in [-0.05, 0) is 30.3 Å². The third-order valence-electron chi connectivity index (χ3n) is 2.99. The quantitative estimate of drug-likeness (QED) is 0.790. The molecule has 4 nitrogen and oxygen atoms in total. The number of fused-ring (bicyclic) bond motifs is 1. The number of para-hydroxylation sites is 1. The van der Waals surface area contributed by atoms with E-state index < -0.39 is 0 Å². The van der Waals surface area contributed by atoms with Crippen molar-refractivity contribution in [3.05, 3.63) is 39.9 Å². The fraction of sp³-hybridized carbons (Fsp3) is 0.0769. The maximum atomic E-state index is 11.7. The van der Waals surface area contributed by atoms with Crippen LogP contribution in [-0.4, -0.2) is 16.1 Å². The van der Waals surface area contributed by atoms with Crippen LogP contribution in [0.25, 0.3) is 16.5 Å². The smallest absolute Gasteiger partial charge is 0.290 e. The van der Waals surface area contributed by atoms with Crippen molar-refractivity contribution in [2.75, 3.05) is 0 Å². The number of halogens is 1. The number of hydrogen-bond acceptors (Lipinski definition) is 3. The summed E-state index contributed by atoms with van der Waals surface area (Å²) in [4.78, 5) is 26.4. The first-order valence-corrected chi connectivity index (χ1v) is 6.78. The van der Waals surface area contributed by atoms with Crippen LogP contribution >= 0.6 is 23.4 Å². The van der Waals surface area contributed by atoms with Crippen molar-refractivity contribution in [3.8, 4) is 0 Å². The number of carbonyl (C=O) groups excluding carboxylic acids is 2. The molecule has 0 atom stereocenters. The summed E-state index contributed by atoms with van der Waals surface area (Å²) >= 11 is 7.11. The number of hydrogen-bond donors (Lipinski definition) is 2. The van der Waals surface area contributed by atoms with Crippen LogP contribution in [0.4, 0.5) is 4.79 Å². The zero-order valence-electron chi connectivity index (χ0n) is 9.91. The van der Waals surface area contributed by atoms with Crippen LogP contribution < -0.4 is 5.32 Å². The van der Waals surface area contributed by atoms with Crippen LogP contribution in [0.2, 0.25) is 5.15 Å². The predicted molar refractivity (Wildman–Crippen MR) is 77.0 cm³/mol. The zero-order valence-corrected chi connectivity index (χ0v) is 11.5. The fourth-order valence-electron chi connectivity index (χ4n) is 2.15. The van der Waals surface area contributed by atoms with Gasteiger partial charge in [-0.25, -0.2) is 0 Å². The van der Waals surface area contributed by atoms with Crippen molar-refractivity contribution >= 4 is 51.0 Å². The Kier molecular flexibility index (Phi) is 2.88. The van der Waals surface area contributed by atoms with Gasteiger partial charge in [-0.3, -0.25) is 14.9 Å². The molecule has 0 saturated carbocycles. The summed E-state index contributed by atoms with van der Waals surface area (Å²) in [5.74, 6) is -0.367. The van der Waals surface area contributed by atoms with Crippen LogP contribution in [0.1, 0.15) is 12.5 Å². The number of H-pyrrole nitrogens is 1. The van der Waals surface area contributed by atoms with Gasteiger partial charge in [-0.1, -0.05) is 29.8 Å². The molecule has 1 aromatic carbocycles. The van der Waals surface area contributed by atoms with E-state index in [1.165, 1.54) is 0 Å². The molecule has 1 aliphatic rings. The van der Waals surface area contributed by atoms with Gasteiger partial charge in [0, 0.05) is 16.5 Å². The first kappa shape index (κ1) is 12.3. The van der Waals surface area contributed by atoms with Gasteiger partial charge in [0.2, 0.25) is 0 Å². The lowest BCUT2D eigenvalue weighted by Crippen LogP contribution is -2.18. The number of carbonyl (C=O) groups is 2. The van der Waals surface area contributed by atoms with Gasteiger partial charge in [-0.15, -0.1) is 0 Å². The third-order valence-corrected chi connectivity index (χ3v) is 4.26. The van der Waals surface area contributed by atoms with Crippen molar-refractivity contribution in [1.82, 2.24) is 10.3 Å². The highest BCUT2D eigenvalue weighted by molar-refractivity contribution is 8.18. The van der Waals surface area contributed by atoms with Crippen molar-refractivity contribution in [1.29, 1.82) is 0 Å². The number of aromatic nitrogens is 1. The second kappa shape index (κ2) is 4.43. The Morgan fingerprint density at radius 2 is 2.00 bits per heavy atom. The van der Waals surface area contributed by atoms with Gasteiger partial charge >= 0.3 is 0 Å². The van der Waals surface area contributed by atoms with Crippen LogP contribution in [0.5, 0.6) is 0 Å². The molecule has 0 unspecified atom stereocenters. The Morgan fingerprint density at radius 1 is 1.26 bits per heavy atom. The van der Waals surface area contributed by atoms with Gasteiger partial charge < -0.3 is 4.98 Å². The molecular weight excluding hydrogens is 284 g/mol. The molecule has 0 aliphatic carbocycles. The number of rotatable bonds is 1. The summed E-state index contributed by atoms with van der Waals surface area (Å²) in [6.45, 7) is 1.79. The molecule has 1 fully saturated rings. The molecule has 2 aromatic rings. The largest absolute Gasteiger partial charge is 0.345 e. The number of nitrogens with one attached hydrogen (secondary N) is 2. The molecule has 0 radical (unpaired) electrons. The minimum atomic E-state index is -0.367. The minimum Gasteiger partial charge on any atom is -0.345 e. The lowest BCUT2D eigenvalue weighted by molar-refractivity contribution is -0.115. The van der Waals surface area contributed by atoms with Crippen molar-refractivity contribution < 1.29 is 9.59 Å². The summed E-state index contributed by atoms with van der Waals surface area (Å²) in [5, 5.41) is 3.31. The van der Waals surface area contributed by atoms with Crippen molar-refractivity contribution in [2.45, 2.75) is 6.92 Å². The molecule has 3 rings (SSSR count). The first-order chi connectivity index (χ1) is 9.08. The van der Waals surface area contributed by atoms with E-state index in [-0.39, 0.29) is 11.1 Å². The Labute approximate surface area is 118 Å². The van der Waals surface area contributed by atoms with E-state index >= 15 is 0 Å².